The fourth-order valence-electron chi connectivity index (χ4n) is 4.27. The van der Waals surface area contributed by atoms with Gasteiger partial charge in [0, 0.05) is 38.3 Å². The largest absolute Gasteiger partial charge is 0.333 e. The molecular weight excluding hydrogens is 396 g/mol. The van der Waals surface area contributed by atoms with Crippen molar-refractivity contribution in [1.82, 2.24) is 20.0 Å². The Morgan fingerprint density at radius 2 is 1.93 bits per heavy atom. The Bertz CT molecular complexity index is 828. The molecule has 3 rings (SSSR count). The molecule has 1 fully saturated rings. The minimum Gasteiger partial charge on any atom is -0.333 e. The average molecular weight is 433 g/mol. The summed E-state index contributed by atoms with van der Waals surface area (Å²) in [5.41, 5.74) is 6.05. The third kappa shape index (κ3) is 5.64. The molecule has 0 bridgehead atoms. The second-order valence-corrected chi connectivity index (χ2v) is 8.63. The summed E-state index contributed by atoms with van der Waals surface area (Å²) in [6, 6.07) is 8.85. The molecule has 1 atom stereocenters. The number of nitrogens with zero attached hydrogens (tertiary/aromatic N) is 3. The smallest absolute Gasteiger partial charge is 0.223 e. The zero-order chi connectivity index (χ0) is 21.0. The lowest BCUT2D eigenvalue weighted by Crippen LogP contribution is -2.48. The number of benzene rings is 1. The molecule has 1 aliphatic rings. The standard InChI is InChI=1S/C24H36N4O.ClH/c1-6-20-7-9-21(10-8-20)23-15-25-13-14-27(23)24(29)12-11-22-18(4)26-28(19(22)5)16-17(2)3;/h7-10,17,23,25H,6,11-16H2,1-5H3;1H. The molecule has 30 heavy (non-hydrogen) atoms. The Hall–Kier alpha value is -1.85. The summed E-state index contributed by atoms with van der Waals surface area (Å²) in [5, 5.41) is 8.15. The molecule has 6 heteroatoms. The van der Waals surface area contributed by atoms with Crippen molar-refractivity contribution in [2.75, 3.05) is 19.6 Å². The van der Waals surface area contributed by atoms with E-state index in [0.29, 0.717) is 12.3 Å². The molecule has 1 aromatic carbocycles. The highest BCUT2D eigenvalue weighted by Gasteiger charge is 2.28. The van der Waals surface area contributed by atoms with Crippen molar-refractivity contribution in [3.63, 3.8) is 0 Å². The number of carbonyl (C=O) groups excluding carboxylic acids is 1. The van der Waals surface area contributed by atoms with Crippen LogP contribution in [-0.4, -0.2) is 40.2 Å². The molecule has 2 heterocycles. The van der Waals surface area contributed by atoms with Crippen molar-refractivity contribution in [2.45, 2.75) is 66.5 Å². The number of aromatic nitrogens is 2. The van der Waals surface area contributed by atoms with E-state index < -0.39 is 0 Å². The van der Waals surface area contributed by atoms with Crippen LogP contribution >= 0.6 is 12.4 Å². The number of rotatable bonds is 7. The van der Waals surface area contributed by atoms with Gasteiger partial charge in [-0.1, -0.05) is 45.0 Å². The van der Waals surface area contributed by atoms with Crippen LogP contribution in [0.2, 0.25) is 0 Å². The Labute approximate surface area is 187 Å². The number of piperazine rings is 1. The van der Waals surface area contributed by atoms with Gasteiger partial charge in [-0.15, -0.1) is 12.4 Å². The summed E-state index contributed by atoms with van der Waals surface area (Å²) in [6.45, 7) is 14.1. The molecule has 5 nitrogen and oxygen atoms in total. The predicted molar refractivity (Wildman–Crippen MR) is 125 cm³/mol. The number of nitrogens with one attached hydrogen (secondary N) is 1. The average Bonchev–Trinajstić information content (AvgIpc) is 2.98. The molecule has 2 aromatic rings. The van der Waals surface area contributed by atoms with E-state index in [4.69, 9.17) is 5.10 Å². The van der Waals surface area contributed by atoms with Crippen molar-refractivity contribution in [2.24, 2.45) is 5.92 Å². The summed E-state index contributed by atoms with van der Waals surface area (Å²) in [4.78, 5) is 15.2. The van der Waals surface area contributed by atoms with Gasteiger partial charge in [0.1, 0.15) is 0 Å². The minimum absolute atomic E-state index is 0. The molecule has 1 amide bonds. The van der Waals surface area contributed by atoms with Crippen LogP contribution in [0.4, 0.5) is 0 Å². The molecule has 1 saturated heterocycles. The van der Waals surface area contributed by atoms with Gasteiger partial charge >= 0.3 is 0 Å². The zero-order valence-electron chi connectivity index (χ0n) is 19.1. The van der Waals surface area contributed by atoms with Crippen molar-refractivity contribution in [3.8, 4) is 0 Å². The molecular formula is C24H37ClN4O. The molecule has 1 aliphatic heterocycles. The second kappa shape index (κ2) is 11.0. The van der Waals surface area contributed by atoms with Gasteiger partial charge < -0.3 is 10.2 Å². The molecule has 166 valence electrons. The number of halogens is 1. The summed E-state index contributed by atoms with van der Waals surface area (Å²) in [7, 11) is 0. The lowest BCUT2D eigenvalue weighted by atomic mass is 9.99. The van der Waals surface area contributed by atoms with Crippen LogP contribution in [0.25, 0.3) is 0 Å². The maximum Gasteiger partial charge on any atom is 0.223 e. The number of hydrogen-bond donors (Lipinski definition) is 1. The van der Waals surface area contributed by atoms with Gasteiger partial charge in [-0.2, -0.15) is 5.10 Å². The Balaban J connectivity index is 0.00000320. The number of amides is 1. The molecule has 1 unspecified atom stereocenters. The van der Waals surface area contributed by atoms with Crippen molar-refractivity contribution >= 4 is 18.3 Å². The minimum atomic E-state index is 0. The molecule has 0 saturated carbocycles. The second-order valence-electron chi connectivity index (χ2n) is 8.63. The topological polar surface area (TPSA) is 50.2 Å². The van der Waals surface area contributed by atoms with Crippen LogP contribution in [0.5, 0.6) is 0 Å². The third-order valence-electron chi connectivity index (χ3n) is 5.99. The Kier molecular flexibility index (Phi) is 8.92. The van der Waals surface area contributed by atoms with Crippen LogP contribution in [-0.2, 0) is 24.2 Å². The van der Waals surface area contributed by atoms with E-state index in [1.807, 2.05) is 0 Å². The maximum absolute atomic E-state index is 13.2. The number of aryl methyl sites for hydroxylation is 2. The van der Waals surface area contributed by atoms with E-state index in [1.165, 1.54) is 22.4 Å². The fourth-order valence-corrected chi connectivity index (χ4v) is 4.27. The molecule has 0 radical (unpaired) electrons. The predicted octanol–water partition coefficient (Wildman–Crippen LogP) is 4.25. The number of carbonyl (C=O) groups is 1. The highest BCUT2D eigenvalue weighted by Crippen LogP contribution is 2.25. The molecule has 1 N–H and O–H groups in total. The highest BCUT2D eigenvalue weighted by molar-refractivity contribution is 5.85. The molecule has 1 aromatic heterocycles. The van der Waals surface area contributed by atoms with E-state index in [-0.39, 0.29) is 24.4 Å². The Morgan fingerprint density at radius 1 is 1.23 bits per heavy atom. The molecule has 0 spiro atoms. The van der Waals surface area contributed by atoms with Gasteiger partial charge in [-0.25, -0.2) is 0 Å². The fraction of sp³-hybridized carbons (Fsp3) is 0.583. The first-order chi connectivity index (χ1) is 13.9. The van der Waals surface area contributed by atoms with Gasteiger partial charge in [-0.3, -0.25) is 9.48 Å². The van der Waals surface area contributed by atoms with Crippen molar-refractivity contribution in [3.05, 3.63) is 52.3 Å². The monoisotopic (exact) mass is 432 g/mol. The van der Waals surface area contributed by atoms with Gasteiger partial charge in [0.15, 0.2) is 0 Å². The van der Waals surface area contributed by atoms with Crippen LogP contribution in [0, 0.1) is 19.8 Å². The summed E-state index contributed by atoms with van der Waals surface area (Å²) in [6.07, 6.45) is 2.34. The first kappa shape index (κ1) is 24.4. The lowest BCUT2D eigenvalue weighted by molar-refractivity contribution is -0.134. The zero-order valence-corrected chi connectivity index (χ0v) is 19.9. The van der Waals surface area contributed by atoms with Gasteiger partial charge in [0.2, 0.25) is 5.91 Å². The van der Waals surface area contributed by atoms with Gasteiger partial charge in [-0.05, 0) is 49.3 Å². The van der Waals surface area contributed by atoms with Gasteiger partial charge in [0.05, 0.1) is 11.7 Å². The van der Waals surface area contributed by atoms with Crippen LogP contribution in [0.1, 0.15) is 61.3 Å². The van der Waals surface area contributed by atoms with Gasteiger partial charge in [0.25, 0.3) is 0 Å². The SMILES string of the molecule is CCc1ccc(C2CNCCN2C(=O)CCc2c(C)nn(CC(C)C)c2C)cc1.Cl. The van der Waals surface area contributed by atoms with Crippen molar-refractivity contribution in [1.29, 1.82) is 0 Å². The van der Waals surface area contributed by atoms with E-state index in [1.54, 1.807) is 0 Å². The number of hydrogen-bond acceptors (Lipinski definition) is 3. The van der Waals surface area contributed by atoms with Crippen LogP contribution in [0.3, 0.4) is 0 Å². The third-order valence-corrected chi connectivity index (χ3v) is 5.99. The molecule has 0 aliphatic carbocycles. The first-order valence-electron chi connectivity index (χ1n) is 11.0. The van der Waals surface area contributed by atoms with E-state index in [0.717, 1.165) is 44.7 Å². The normalized spacial score (nSPS) is 16.6. The van der Waals surface area contributed by atoms with E-state index in [9.17, 15) is 4.79 Å². The summed E-state index contributed by atoms with van der Waals surface area (Å²) in [5.74, 6) is 0.801. The lowest BCUT2D eigenvalue weighted by Gasteiger charge is -2.37. The summed E-state index contributed by atoms with van der Waals surface area (Å²) >= 11 is 0. The van der Waals surface area contributed by atoms with Crippen LogP contribution < -0.4 is 5.32 Å². The van der Waals surface area contributed by atoms with Crippen LogP contribution in [0.15, 0.2) is 24.3 Å². The van der Waals surface area contributed by atoms with E-state index >= 15 is 0 Å². The highest BCUT2D eigenvalue weighted by atomic mass is 35.5. The van der Waals surface area contributed by atoms with Crippen molar-refractivity contribution < 1.29 is 4.79 Å². The maximum atomic E-state index is 13.2. The Morgan fingerprint density at radius 3 is 2.57 bits per heavy atom. The summed E-state index contributed by atoms with van der Waals surface area (Å²) < 4.78 is 2.10. The first-order valence-corrected chi connectivity index (χ1v) is 11.0. The quantitative estimate of drug-likeness (QED) is 0.711. The van der Waals surface area contributed by atoms with E-state index in [2.05, 4.69) is 73.8 Å².